The molecule has 17 heavy (non-hydrogen) atoms. The second-order valence-corrected chi connectivity index (χ2v) is 3.77. The standard InChI is InChI=1S/C13H13NO3/c1-8(14-2)10-11(15)12(17-13(10)16)9-6-4-3-5-7-9/h3-7,12,15H,1-2H3/t12-/m0/s1. The summed E-state index contributed by atoms with van der Waals surface area (Å²) in [6, 6.07) is 9.12. The Morgan fingerprint density at radius 1 is 1.35 bits per heavy atom. The second kappa shape index (κ2) is 4.41. The maximum atomic E-state index is 11.6. The monoisotopic (exact) mass is 231 g/mol. The molecule has 0 fully saturated rings. The Labute approximate surface area is 99.3 Å². The lowest BCUT2D eigenvalue weighted by atomic mass is 10.0. The summed E-state index contributed by atoms with van der Waals surface area (Å²) in [6.45, 7) is 1.67. The van der Waals surface area contributed by atoms with Crippen LogP contribution in [0.5, 0.6) is 0 Å². The lowest BCUT2D eigenvalue weighted by Crippen LogP contribution is -2.07. The Balaban J connectivity index is 2.42. The van der Waals surface area contributed by atoms with Crippen molar-refractivity contribution in [1.29, 1.82) is 0 Å². The number of carbonyl (C=O) groups is 1. The molecular formula is C13H13NO3. The smallest absolute Gasteiger partial charge is 0.344 e. The molecule has 0 radical (unpaired) electrons. The molecule has 0 aromatic heterocycles. The minimum atomic E-state index is -0.713. The Bertz CT molecular complexity index is 503. The average molecular weight is 231 g/mol. The third kappa shape index (κ3) is 1.93. The highest BCUT2D eigenvalue weighted by Crippen LogP contribution is 2.33. The molecule has 0 saturated carbocycles. The van der Waals surface area contributed by atoms with Crippen LogP contribution in [-0.4, -0.2) is 23.8 Å². The molecule has 0 saturated heterocycles. The van der Waals surface area contributed by atoms with Crippen molar-refractivity contribution < 1.29 is 14.6 Å². The zero-order valence-corrected chi connectivity index (χ0v) is 9.68. The number of benzene rings is 1. The number of hydrogen-bond donors (Lipinski definition) is 1. The normalized spacial score (nSPS) is 20.7. The highest BCUT2D eigenvalue weighted by atomic mass is 16.6. The van der Waals surface area contributed by atoms with Gasteiger partial charge in [-0.2, -0.15) is 0 Å². The third-order valence-corrected chi connectivity index (χ3v) is 2.73. The largest absolute Gasteiger partial charge is 0.507 e. The SMILES string of the molecule is CN=C(C)C1=C(O)[C@H](c2ccccc2)OC1=O. The van der Waals surface area contributed by atoms with E-state index in [0.717, 1.165) is 5.56 Å². The minimum absolute atomic E-state index is 0.0655. The van der Waals surface area contributed by atoms with Crippen molar-refractivity contribution in [2.75, 3.05) is 7.05 Å². The predicted octanol–water partition coefficient (Wildman–Crippen LogP) is 2.19. The molecule has 88 valence electrons. The van der Waals surface area contributed by atoms with E-state index in [-0.39, 0.29) is 11.3 Å². The molecule has 0 unspecified atom stereocenters. The van der Waals surface area contributed by atoms with Gasteiger partial charge in [0.15, 0.2) is 11.9 Å². The van der Waals surface area contributed by atoms with E-state index in [9.17, 15) is 9.90 Å². The molecule has 0 amide bonds. The lowest BCUT2D eigenvalue weighted by Gasteiger charge is -2.09. The lowest BCUT2D eigenvalue weighted by molar-refractivity contribution is -0.140. The van der Waals surface area contributed by atoms with Crippen LogP contribution in [0, 0.1) is 0 Å². The van der Waals surface area contributed by atoms with Gasteiger partial charge in [0.1, 0.15) is 5.57 Å². The van der Waals surface area contributed by atoms with Crippen LogP contribution >= 0.6 is 0 Å². The van der Waals surface area contributed by atoms with Crippen LogP contribution < -0.4 is 0 Å². The maximum Gasteiger partial charge on any atom is 0.344 e. The summed E-state index contributed by atoms with van der Waals surface area (Å²) < 4.78 is 5.15. The van der Waals surface area contributed by atoms with Crippen molar-refractivity contribution in [2.24, 2.45) is 4.99 Å². The molecule has 0 bridgehead atoms. The van der Waals surface area contributed by atoms with Crippen molar-refractivity contribution >= 4 is 11.7 Å². The van der Waals surface area contributed by atoms with Gasteiger partial charge in [0, 0.05) is 18.3 Å². The van der Waals surface area contributed by atoms with Gasteiger partial charge in [0.2, 0.25) is 0 Å². The van der Waals surface area contributed by atoms with E-state index < -0.39 is 12.1 Å². The fraction of sp³-hybridized carbons (Fsp3) is 0.231. The Hall–Kier alpha value is -2.10. The van der Waals surface area contributed by atoms with E-state index in [1.165, 1.54) is 0 Å². The minimum Gasteiger partial charge on any atom is -0.507 e. The fourth-order valence-electron chi connectivity index (χ4n) is 1.76. The Morgan fingerprint density at radius 3 is 2.59 bits per heavy atom. The summed E-state index contributed by atoms with van der Waals surface area (Å²) in [4.78, 5) is 15.5. The third-order valence-electron chi connectivity index (χ3n) is 2.73. The molecule has 1 aliphatic heterocycles. The van der Waals surface area contributed by atoms with E-state index in [2.05, 4.69) is 4.99 Å². The van der Waals surface area contributed by atoms with Crippen molar-refractivity contribution in [3.05, 3.63) is 47.2 Å². The number of aliphatic hydroxyl groups is 1. The summed E-state index contributed by atoms with van der Waals surface area (Å²) in [5, 5.41) is 10.0. The second-order valence-electron chi connectivity index (χ2n) is 3.77. The number of rotatable bonds is 2. The van der Waals surface area contributed by atoms with Crippen molar-refractivity contribution in [3.8, 4) is 0 Å². The molecular weight excluding hydrogens is 218 g/mol. The van der Waals surface area contributed by atoms with Crippen LogP contribution in [0.25, 0.3) is 0 Å². The summed E-state index contributed by atoms with van der Waals surface area (Å²) in [6.07, 6.45) is -0.713. The van der Waals surface area contributed by atoms with Gasteiger partial charge in [-0.05, 0) is 6.92 Å². The Kier molecular flexibility index (Phi) is 2.95. The van der Waals surface area contributed by atoms with Gasteiger partial charge in [0.25, 0.3) is 0 Å². The van der Waals surface area contributed by atoms with Crippen molar-refractivity contribution in [2.45, 2.75) is 13.0 Å². The number of aliphatic imine (C=N–C) groups is 1. The van der Waals surface area contributed by atoms with Crippen LogP contribution in [0.15, 0.2) is 46.7 Å². The van der Waals surface area contributed by atoms with Crippen LogP contribution in [0.3, 0.4) is 0 Å². The van der Waals surface area contributed by atoms with Gasteiger partial charge in [-0.25, -0.2) is 4.79 Å². The summed E-state index contributed by atoms with van der Waals surface area (Å²) in [7, 11) is 1.57. The first-order chi connectivity index (χ1) is 8.15. The van der Waals surface area contributed by atoms with Crippen LogP contribution in [0.1, 0.15) is 18.6 Å². The zero-order chi connectivity index (χ0) is 12.4. The van der Waals surface area contributed by atoms with Gasteiger partial charge in [-0.3, -0.25) is 4.99 Å². The highest BCUT2D eigenvalue weighted by molar-refractivity contribution is 6.20. The molecule has 1 N–H and O–H groups in total. The van der Waals surface area contributed by atoms with Crippen LogP contribution in [0.2, 0.25) is 0 Å². The van der Waals surface area contributed by atoms with E-state index in [4.69, 9.17) is 4.74 Å². The first kappa shape index (κ1) is 11.4. The summed E-state index contributed by atoms with van der Waals surface area (Å²) >= 11 is 0. The van der Waals surface area contributed by atoms with E-state index in [1.54, 1.807) is 26.1 Å². The number of carbonyl (C=O) groups excluding carboxylic acids is 1. The van der Waals surface area contributed by atoms with E-state index in [1.807, 2.05) is 18.2 Å². The number of cyclic esters (lactones) is 1. The van der Waals surface area contributed by atoms with Crippen molar-refractivity contribution in [3.63, 3.8) is 0 Å². The van der Waals surface area contributed by atoms with E-state index >= 15 is 0 Å². The van der Waals surface area contributed by atoms with Gasteiger partial charge >= 0.3 is 5.97 Å². The van der Waals surface area contributed by atoms with Gasteiger partial charge in [-0.15, -0.1) is 0 Å². The first-order valence-electron chi connectivity index (χ1n) is 5.28. The molecule has 0 aliphatic carbocycles. The van der Waals surface area contributed by atoms with E-state index in [0.29, 0.717) is 5.71 Å². The summed E-state index contributed by atoms with van der Waals surface area (Å²) in [5.41, 5.74) is 1.39. The van der Waals surface area contributed by atoms with Gasteiger partial charge in [-0.1, -0.05) is 30.3 Å². The molecule has 1 heterocycles. The molecule has 2 rings (SSSR count). The number of nitrogens with zero attached hydrogens (tertiary/aromatic N) is 1. The number of aliphatic hydroxyl groups excluding tert-OH is 1. The molecule has 4 nitrogen and oxygen atoms in total. The molecule has 0 spiro atoms. The number of ether oxygens (including phenoxy) is 1. The topological polar surface area (TPSA) is 58.9 Å². The molecule has 4 heteroatoms. The quantitative estimate of drug-likeness (QED) is 0.627. The highest BCUT2D eigenvalue weighted by Gasteiger charge is 2.36. The van der Waals surface area contributed by atoms with Crippen LogP contribution in [0.4, 0.5) is 0 Å². The Morgan fingerprint density at radius 2 is 2.00 bits per heavy atom. The predicted molar refractivity (Wildman–Crippen MR) is 64.0 cm³/mol. The van der Waals surface area contributed by atoms with Gasteiger partial charge < -0.3 is 9.84 Å². The first-order valence-corrected chi connectivity index (χ1v) is 5.28. The molecule has 1 aromatic carbocycles. The zero-order valence-electron chi connectivity index (χ0n) is 9.68. The molecule has 1 aliphatic rings. The maximum absolute atomic E-state index is 11.6. The van der Waals surface area contributed by atoms with Crippen molar-refractivity contribution in [1.82, 2.24) is 0 Å². The van der Waals surface area contributed by atoms with Gasteiger partial charge in [0.05, 0.1) is 0 Å². The van der Waals surface area contributed by atoms with Crippen LogP contribution in [-0.2, 0) is 9.53 Å². The molecule has 1 atom stereocenters. The average Bonchev–Trinajstić information content (AvgIpc) is 2.65. The number of hydrogen-bond acceptors (Lipinski definition) is 4. The molecule has 1 aromatic rings. The fourth-order valence-corrected chi connectivity index (χ4v) is 1.76. The number of esters is 1. The summed E-state index contributed by atoms with van der Waals surface area (Å²) in [5.74, 6) is -0.594.